The summed E-state index contributed by atoms with van der Waals surface area (Å²) in [6.07, 6.45) is 0.409. The first-order valence-electron chi connectivity index (χ1n) is 9.73. The molecule has 3 aromatic rings. The van der Waals surface area contributed by atoms with Crippen molar-refractivity contribution in [1.29, 1.82) is 0 Å². The molecular weight excluding hydrogens is 420 g/mol. The van der Waals surface area contributed by atoms with E-state index in [-0.39, 0.29) is 36.8 Å². The van der Waals surface area contributed by atoms with Crippen LogP contribution in [0.5, 0.6) is 0 Å². The molecule has 1 fully saturated rings. The Labute approximate surface area is 182 Å². The van der Waals surface area contributed by atoms with E-state index in [9.17, 15) is 19.2 Å². The molecule has 1 atom stereocenters. The number of hydrogen-bond donors (Lipinski definition) is 2. The second kappa shape index (κ2) is 8.31. The standard InChI is InChI=1S/C22H19ClN4O4/c1-12-25-17-7-2-13(11-24-20(29)14-3-5-15(23)6-4-14)10-16(17)22(31)27(12)18-8-9-19(28)26-21(18)30/h2-7,10,18H,8-9,11H2,1H3,(H,24,29)(H,26,28,30). The lowest BCUT2D eigenvalue weighted by atomic mass is 10.0. The number of halogens is 1. The zero-order valence-electron chi connectivity index (χ0n) is 16.6. The van der Waals surface area contributed by atoms with Gasteiger partial charge in [-0.15, -0.1) is 0 Å². The number of aryl methyl sites for hydroxylation is 1. The molecule has 31 heavy (non-hydrogen) atoms. The number of hydrogen-bond acceptors (Lipinski definition) is 5. The van der Waals surface area contributed by atoms with Crippen molar-refractivity contribution in [3.8, 4) is 0 Å². The van der Waals surface area contributed by atoms with Crippen LogP contribution in [0.2, 0.25) is 5.02 Å². The number of fused-ring (bicyclic) bond motifs is 1. The highest BCUT2D eigenvalue weighted by Gasteiger charge is 2.30. The van der Waals surface area contributed by atoms with Gasteiger partial charge in [-0.3, -0.25) is 29.1 Å². The third kappa shape index (κ3) is 4.20. The molecule has 0 radical (unpaired) electrons. The number of piperidine rings is 1. The van der Waals surface area contributed by atoms with Gasteiger partial charge < -0.3 is 5.32 Å². The third-order valence-electron chi connectivity index (χ3n) is 5.22. The van der Waals surface area contributed by atoms with E-state index < -0.39 is 11.9 Å². The summed E-state index contributed by atoms with van der Waals surface area (Å²) in [5.41, 5.74) is 1.33. The van der Waals surface area contributed by atoms with Crippen LogP contribution in [0.1, 0.15) is 40.6 Å². The predicted octanol–water partition coefficient (Wildman–Crippen LogP) is 2.27. The third-order valence-corrected chi connectivity index (χ3v) is 5.47. The minimum Gasteiger partial charge on any atom is -0.348 e. The van der Waals surface area contributed by atoms with Crippen molar-refractivity contribution in [3.05, 3.63) is 74.8 Å². The van der Waals surface area contributed by atoms with Crippen LogP contribution in [0.15, 0.2) is 47.3 Å². The highest BCUT2D eigenvalue weighted by molar-refractivity contribution is 6.30. The Bertz CT molecular complexity index is 1270. The second-order valence-corrected chi connectivity index (χ2v) is 7.78. The second-order valence-electron chi connectivity index (χ2n) is 7.34. The van der Waals surface area contributed by atoms with Gasteiger partial charge in [0.25, 0.3) is 11.5 Å². The van der Waals surface area contributed by atoms with E-state index in [2.05, 4.69) is 15.6 Å². The van der Waals surface area contributed by atoms with Crippen LogP contribution in [0.4, 0.5) is 0 Å². The maximum atomic E-state index is 13.2. The highest BCUT2D eigenvalue weighted by Crippen LogP contribution is 2.20. The Morgan fingerprint density at radius 2 is 1.94 bits per heavy atom. The number of benzene rings is 2. The summed E-state index contributed by atoms with van der Waals surface area (Å²) in [4.78, 5) is 53.7. The van der Waals surface area contributed by atoms with Crippen LogP contribution in [-0.2, 0) is 16.1 Å². The summed E-state index contributed by atoms with van der Waals surface area (Å²) in [7, 11) is 0. The fraction of sp³-hybridized carbons (Fsp3) is 0.227. The van der Waals surface area contributed by atoms with Crippen LogP contribution in [0, 0.1) is 6.92 Å². The molecule has 3 amide bonds. The number of carbonyl (C=O) groups is 3. The number of aromatic nitrogens is 2. The predicted molar refractivity (Wildman–Crippen MR) is 115 cm³/mol. The Morgan fingerprint density at radius 1 is 1.19 bits per heavy atom. The van der Waals surface area contributed by atoms with Gasteiger partial charge in [-0.1, -0.05) is 17.7 Å². The topological polar surface area (TPSA) is 110 Å². The normalized spacial score (nSPS) is 16.3. The smallest absolute Gasteiger partial charge is 0.262 e. The van der Waals surface area contributed by atoms with Gasteiger partial charge in [0.15, 0.2) is 0 Å². The number of imide groups is 1. The summed E-state index contributed by atoms with van der Waals surface area (Å²) in [6, 6.07) is 10.9. The first-order valence-corrected chi connectivity index (χ1v) is 10.1. The molecule has 158 valence electrons. The van der Waals surface area contributed by atoms with Crippen LogP contribution in [-0.4, -0.2) is 27.3 Å². The molecule has 1 aliphatic heterocycles. The first kappa shape index (κ1) is 20.7. The molecule has 2 N–H and O–H groups in total. The minimum absolute atomic E-state index is 0.164. The fourth-order valence-corrected chi connectivity index (χ4v) is 3.77. The van der Waals surface area contributed by atoms with Crippen LogP contribution in [0.25, 0.3) is 10.9 Å². The molecule has 0 bridgehead atoms. The Kier molecular flexibility index (Phi) is 5.56. The van der Waals surface area contributed by atoms with Gasteiger partial charge in [0.1, 0.15) is 11.9 Å². The maximum absolute atomic E-state index is 13.2. The molecule has 4 rings (SSSR count). The first-order chi connectivity index (χ1) is 14.8. The Hall–Kier alpha value is -3.52. The summed E-state index contributed by atoms with van der Waals surface area (Å²) in [5.74, 6) is -0.719. The SMILES string of the molecule is Cc1nc2ccc(CNC(=O)c3ccc(Cl)cc3)cc2c(=O)n1C1CCC(=O)NC1=O. The van der Waals surface area contributed by atoms with Crippen molar-refractivity contribution < 1.29 is 14.4 Å². The van der Waals surface area contributed by atoms with Crippen molar-refractivity contribution in [3.63, 3.8) is 0 Å². The van der Waals surface area contributed by atoms with Crippen molar-refractivity contribution in [2.75, 3.05) is 0 Å². The number of nitrogens with one attached hydrogen (secondary N) is 2. The zero-order valence-corrected chi connectivity index (χ0v) is 17.4. The minimum atomic E-state index is -0.782. The van der Waals surface area contributed by atoms with Crippen molar-refractivity contribution in [2.24, 2.45) is 0 Å². The molecule has 0 aliphatic carbocycles. The van der Waals surface area contributed by atoms with Gasteiger partial charge in [-0.2, -0.15) is 0 Å². The van der Waals surface area contributed by atoms with E-state index in [4.69, 9.17) is 11.6 Å². The molecule has 0 spiro atoms. The Balaban J connectivity index is 1.61. The molecule has 1 unspecified atom stereocenters. The van der Waals surface area contributed by atoms with Gasteiger partial charge in [0, 0.05) is 23.6 Å². The quantitative estimate of drug-likeness (QED) is 0.607. The summed E-state index contributed by atoms with van der Waals surface area (Å²) in [5, 5.41) is 5.96. The lowest BCUT2D eigenvalue weighted by molar-refractivity contribution is -0.135. The van der Waals surface area contributed by atoms with Crippen molar-refractivity contribution in [2.45, 2.75) is 32.4 Å². The average molecular weight is 439 g/mol. The van der Waals surface area contributed by atoms with E-state index in [1.807, 2.05) is 0 Å². The summed E-state index contributed by atoms with van der Waals surface area (Å²) < 4.78 is 1.33. The van der Waals surface area contributed by atoms with Gasteiger partial charge >= 0.3 is 0 Å². The highest BCUT2D eigenvalue weighted by atomic mass is 35.5. The Morgan fingerprint density at radius 3 is 2.65 bits per heavy atom. The number of carbonyl (C=O) groups excluding carboxylic acids is 3. The van der Waals surface area contributed by atoms with Gasteiger partial charge in [0.05, 0.1) is 10.9 Å². The van der Waals surface area contributed by atoms with Crippen molar-refractivity contribution >= 4 is 40.2 Å². The molecule has 8 nitrogen and oxygen atoms in total. The number of amides is 3. The molecule has 1 aromatic heterocycles. The maximum Gasteiger partial charge on any atom is 0.262 e. The van der Waals surface area contributed by atoms with Gasteiger partial charge in [-0.05, 0) is 55.3 Å². The van der Waals surface area contributed by atoms with Crippen LogP contribution >= 0.6 is 11.6 Å². The molecule has 1 saturated heterocycles. The van der Waals surface area contributed by atoms with E-state index >= 15 is 0 Å². The number of nitrogens with zero attached hydrogens (tertiary/aromatic N) is 2. The summed E-state index contributed by atoms with van der Waals surface area (Å²) in [6.45, 7) is 1.87. The molecular formula is C22H19ClN4O4. The van der Waals surface area contributed by atoms with Crippen LogP contribution in [0.3, 0.4) is 0 Å². The average Bonchev–Trinajstić information content (AvgIpc) is 2.74. The largest absolute Gasteiger partial charge is 0.348 e. The lowest BCUT2D eigenvalue weighted by Gasteiger charge is -2.24. The fourth-order valence-electron chi connectivity index (χ4n) is 3.65. The van der Waals surface area contributed by atoms with Gasteiger partial charge in [0.2, 0.25) is 11.8 Å². The summed E-state index contributed by atoms with van der Waals surface area (Å²) >= 11 is 5.84. The monoisotopic (exact) mass is 438 g/mol. The molecule has 1 aliphatic rings. The van der Waals surface area contributed by atoms with Crippen molar-refractivity contribution in [1.82, 2.24) is 20.2 Å². The molecule has 2 heterocycles. The molecule has 9 heteroatoms. The molecule has 0 saturated carbocycles. The molecule has 2 aromatic carbocycles. The lowest BCUT2D eigenvalue weighted by Crippen LogP contribution is -2.45. The zero-order chi connectivity index (χ0) is 22.1. The van der Waals surface area contributed by atoms with E-state index in [1.165, 1.54) is 4.57 Å². The van der Waals surface area contributed by atoms with E-state index in [1.54, 1.807) is 49.4 Å². The van der Waals surface area contributed by atoms with E-state index in [0.717, 1.165) is 0 Å². The van der Waals surface area contributed by atoms with Gasteiger partial charge in [-0.25, -0.2) is 4.98 Å². The van der Waals surface area contributed by atoms with Crippen LogP contribution < -0.4 is 16.2 Å². The van der Waals surface area contributed by atoms with E-state index in [0.29, 0.717) is 32.9 Å². The number of rotatable bonds is 4.